The summed E-state index contributed by atoms with van der Waals surface area (Å²) in [6.07, 6.45) is 0.519. The van der Waals surface area contributed by atoms with Gasteiger partial charge in [0.1, 0.15) is 18.3 Å². The second-order valence-corrected chi connectivity index (χ2v) is 10.2. The van der Waals surface area contributed by atoms with Crippen molar-refractivity contribution in [1.29, 1.82) is 0 Å². The number of anilines is 1. The number of likely N-dealkylation sites (N-methyl/N-ethyl adjacent to an activating group) is 1. The van der Waals surface area contributed by atoms with Crippen molar-refractivity contribution < 1.29 is 22.7 Å². The topological polar surface area (TPSA) is 96.0 Å². The van der Waals surface area contributed by atoms with Gasteiger partial charge in [0.25, 0.3) is 10.0 Å². The third kappa shape index (κ3) is 7.10. The third-order valence-electron chi connectivity index (χ3n) is 5.94. The molecule has 196 valence electrons. The van der Waals surface area contributed by atoms with E-state index in [9.17, 15) is 18.0 Å². The van der Waals surface area contributed by atoms with E-state index in [4.69, 9.17) is 4.74 Å². The predicted molar refractivity (Wildman–Crippen MR) is 144 cm³/mol. The van der Waals surface area contributed by atoms with Crippen LogP contribution in [-0.2, 0) is 26.0 Å². The van der Waals surface area contributed by atoms with Crippen LogP contribution in [0.3, 0.4) is 0 Å². The Balaban J connectivity index is 1.93. The standard InChI is InChI=1S/C28H33N3O5S/c1-4-36-25-15-17-26(18-16-25)37(34,35)31(24-13-9-6-10-14-24)21-27(32)30(22(2)28(33)29-3)20-19-23-11-7-5-8-12-23/h5-18,22H,4,19-21H2,1-3H3,(H,29,33). The lowest BCUT2D eigenvalue weighted by atomic mass is 10.1. The zero-order valence-electron chi connectivity index (χ0n) is 21.3. The lowest BCUT2D eigenvalue weighted by Gasteiger charge is -2.31. The van der Waals surface area contributed by atoms with Crippen molar-refractivity contribution >= 4 is 27.5 Å². The zero-order valence-corrected chi connectivity index (χ0v) is 22.1. The second-order valence-electron chi connectivity index (χ2n) is 8.36. The summed E-state index contributed by atoms with van der Waals surface area (Å²) in [4.78, 5) is 27.6. The van der Waals surface area contributed by atoms with E-state index in [-0.39, 0.29) is 17.3 Å². The van der Waals surface area contributed by atoms with Crippen molar-refractivity contribution in [2.45, 2.75) is 31.2 Å². The molecule has 0 fully saturated rings. The number of amides is 2. The van der Waals surface area contributed by atoms with Crippen LogP contribution in [0.4, 0.5) is 5.69 Å². The molecule has 2 amide bonds. The molecule has 37 heavy (non-hydrogen) atoms. The van der Waals surface area contributed by atoms with Gasteiger partial charge in [0.05, 0.1) is 17.2 Å². The Bertz CT molecular complexity index is 1270. The maximum absolute atomic E-state index is 13.7. The van der Waals surface area contributed by atoms with Crippen molar-refractivity contribution in [3.63, 3.8) is 0 Å². The van der Waals surface area contributed by atoms with E-state index in [1.807, 2.05) is 37.3 Å². The lowest BCUT2D eigenvalue weighted by molar-refractivity contribution is -0.138. The highest BCUT2D eigenvalue weighted by Gasteiger charge is 2.32. The molecule has 0 spiro atoms. The molecule has 9 heteroatoms. The molecule has 3 aromatic carbocycles. The molecule has 0 aliphatic rings. The number of hydrogen-bond donors (Lipinski definition) is 1. The Hall–Kier alpha value is -3.85. The molecule has 0 radical (unpaired) electrons. The summed E-state index contributed by atoms with van der Waals surface area (Å²) in [6.45, 7) is 3.73. The lowest BCUT2D eigenvalue weighted by Crippen LogP contribution is -2.51. The number of rotatable bonds is 12. The number of para-hydroxylation sites is 1. The van der Waals surface area contributed by atoms with Gasteiger partial charge in [0, 0.05) is 13.6 Å². The first-order valence-corrected chi connectivity index (χ1v) is 13.6. The van der Waals surface area contributed by atoms with Gasteiger partial charge in [-0.3, -0.25) is 13.9 Å². The van der Waals surface area contributed by atoms with E-state index < -0.39 is 28.5 Å². The summed E-state index contributed by atoms with van der Waals surface area (Å²) in [7, 11) is -2.60. The number of nitrogens with zero attached hydrogens (tertiary/aromatic N) is 2. The van der Waals surface area contributed by atoms with Gasteiger partial charge in [-0.25, -0.2) is 8.42 Å². The Morgan fingerprint density at radius 2 is 1.51 bits per heavy atom. The highest BCUT2D eigenvalue weighted by atomic mass is 32.2. The number of ether oxygens (including phenoxy) is 1. The van der Waals surface area contributed by atoms with Gasteiger partial charge in [0.15, 0.2) is 0 Å². The minimum Gasteiger partial charge on any atom is -0.494 e. The van der Waals surface area contributed by atoms with Gasteiger partial charge in [-0.1, -0.05) is 48.5 Å². The molecule has 0 saturated carbocycles. The monoisotopic (exact) mass is 523 g/mol. The normalized spacial score (nSPS) is 11.9. The van der Waals surface area contributed by atoms with Crippen LogP contribution in [0, 0.1) is 0 Å². The van der Waals surface area contributed by atoms with Crippen LogP contribution in [0.1, 0.15) is 19.4 Å². The Kier molecular flexibility index (Phi) is 9.68. The van der Waals surface area contributed by atoms with Crippen LogP contribution in [0.5, 0.6) is 5.75 Å². The summed E-state index contributed by atoms with van der Waals surface area (Å²) in [5.41, 5.74) is 1.35. The maximum atomic E-state index is 13.7. The Labute approximate surface area is 218 Å². The summed E-state index contributed by atoms with van der Waals surface area (Å²) >= 11 is 0. The largest absolute Gasteiger partial charge is 0.494 e. The zero-order chi connectivity index (χ0) is 26.8. The summed E-state index contributed by atoms with van der Waals surface area (Å²) in [6, 6.07) is 23.4. The van der Waals surface area contributed by atoms with E-state index in [0.29, 0.717) is 24.5 Å². The van der Waals surface area contributed by atoms with Crippen molar-refractivity contribution in [3.05, 3.63) is 90.5 Å². The minimum absolute atomic E-state index is 0.0304. The molecule has 1 N–H and O–H groups in total. The SMILES string of the molecule is CCOc1ccc(S(=O)(=O)N(CC(=O)N(CCc2ccccc2)C(C)C(=O)NC)c2ccccc2)cc1. The molecule has 8 nitrogen and oxygen atoms in total. The molecule has 1 atom stereocenters. The van der Waals surface area contributed by atoms with Gasteiger partial charge in [0.2, 0.25) is 11.8 Å². The number of nitrogens with one attached hydrogen (secondary N) is 1. The van der Waals surface area contributed by atoms with Gasteiger partial charge in [-0.15, -0.1) is 0 Å². The summed E-state index contributed by atoms with van der Waals surface area (Å²) in [5.74, 6) is -0.261. The minimum atomic E-state index is -4.10. The molecule has 0 aliphatic heterocycles. The molecule has 3 rings (SSSR count). The van der Waals surface area contributed by atoms with Gasteiger partial charge >= 0.3 is 0 Å². The number of carbonyl (C=O) groups excluding carboxylic acids is 2. The molecular formula is C28H33N3O5S. The molecule has 1 unspecified atom stereocenters. The molecule has 3 aromatic rings. The smallest absolute Gasteiger partial charge is 0.264 e. The molecular weight excluding hydrogens is 490 g/mol. The van der Waals surface area contributed by atoms with E-state index in [1.165, 1.54) is 24.1 Å². The van der Waals surface area contributed by atoms with Gasteiger partial charge < -0.3 is 15.0 Å². The molecule has 0 aromatic heterocycles. The fourth-order valence-corrected chi connectivity index (χ4v) is 5.32. The second kappa shape index (κ2) is 12.9. The maximum Gasteiger partial charge on any atom is 0.264 e. The summed E-state index contributed by atoms with van der Waals surface area (Å²) < 4.78 is 34.0. The number of hydrogen-bond acceptors (Lipinski definition) is 5. The molecule has 0 saturated heterocycles. The van der Waals surface area contributed by atoms with Crippen LogP contribution in [0.2, 0.25) is 0 Å². The highest BCUT2D eigenvalue weighted by Crippen LogP contribution is 2.25. The fraction of sp³-hybridized carbons (Fsp3) is 0.286. The van der Waals surface area contributed by atoms with Crippen LogP contribution in [0.25, 0.3) is 0 Å². The quantitative estimate of drug-likeness (QED) is 0.392. The van der Waals surface area contributed by atoms with E-state index in [0.717, 1.165) is 9.87 Å². The number of carbonyl (C=O) groups is 2. The van der Waals surface area contributed by atoms with E-state index in [2.05, 4.69) is 5.32 Å². The third-order valence-corrected chi connectivity index (χ3v) is 7.73. The van der Waals surface area contributed by atoms with Crippen molar-refractivity contribution in [2.75, 3.05) is 31.0 Å². The van der Waals surface area contributed by atoms with Crippen LogP contribution >= 0.6 is 0 Å². The molecule has 0 aliphatic carbocycles. The van der Waals surface area contributed by atoms with Crippen molar-refractivity contribution in [3.8, 4) is 5.75 Å². The average molecular weight is 524 g/mol. The van der Waals surface area contributed by atoms with Crippen molar-refractivity contribution in [2.24, 2.45) is 0 Å². The van der Waals surface area contributed by atoms with Gasteiger partial charge in [-0.05, 0) is 62.2 Å². The number of benzene rings is 3. The average Bonchev–Trinajstić information content (AvgIpc) is 2.92. The fourth-order valence-electron chi connectivity index (χ4n) is 3.90. The Morgan fingerprint density at radius 1 is 0.919 bits per heavy atom. The first-order valence-electron chi connectivity index (χ1n) is 12.1. The van der Waals surface area contributed by atoms with Crippen LogP contribution < -0.4 is 14.4 Å². The van der Waals surface area contributed by atoms with E-state index >= 15 is 0 Å². The number of sulfonamides is 1. The first-order chi connectivity index (χ1) is 17.8. The van der Waals surface area contributed by atoms with Crippen LogP contribution in [0.15, 0.2) is 89.8 Å². The highest BCUT2D eigenvalue weighted by molar-refractivity contribution is 7.92. The van der Waals surface area contributed by atoms with Crippen LogP contribution in [-0.4, -0.2) is 57.9 Å². The van der Waals surface area contributed by atoms with E-state index in [1.54, 1.807) is 49.4 Å². The van der Waals surface area contributed by atoms with Gasteiger partial charge in [-0.2, -0.15) is 0 Å². The van der Waals surface area contributed by atoms with Crippen molar-refractivity contribution in [1.82, 2.24) is 10.2 Å². The Morgan fingerprint density at radius 3 is 2.08 bits per heavy atom. The predicted octanol–water partition coefficient (Wildman–Crippen LogP) is 3.49. The first kappa shape index (κ1) is 27.7. The molecule has 0 bridgehead atoms. The summed E-state index contributed by atoms with van der Waals surface area (Å²) in [5, 5.41) is 2.58. The molecule has 0 heterocycles.